The second kappa shape index (κ2) is 14.8. The van der Waals surface area contributed by atoms with Crippen LogP contribution in [0, 0.1) is 5.82 Å². The van der Waals surface area contributed by atoms with E-state index in [1.54, 1.807) is 19.4 Å². The fourth-order valence-electron chi connectivity index (χ4n) is 5.36. The van der Waals surface area contributed by atoms with Crippen LogP contribution >= 0.6 is 0 Å². The van der Waals surface area contributed by atoms with Gasteiger partial charge < -0.3 is 24.8 Å². The molecule has 6 rings (SSSR count). The second-order valence-corrected chi connectivity index (χ2v) is 11.4. The van der Waals surface area contributed by atoms with E-state index in [2.05, 4.69) is 29.5 Å². The Morgan fingerprint density at radius 1 is 0.660 bits per heavy atom. The molecule has 6 aromatic rings. The van der Waals surface area contributed by atoms with Crippen molar-refractivity contribution in [3.05, 3.63) is 103 Å². The summed E-state index contributed by atoms with van der Waals surface area (Å²) in [5, 5.41) is 8.85. The van der Waals surface area contributed by atoms with E-state index in [-0.39, 0.29) is 5.82 Å². The van der Waals surface area contributed by atoms with Crippen LogP contribution in [0.15, 0.2) is 97.2 Å². The molecule has 7 nitrogen and oxygen atoms in total. The van der Waals surface area contributed by atoms with Crippen molar-refractivity contribution >= 4 is 44.6 Å². The zero-order valence-corrected chi connectivity index (χ0v) is 27.0. The molecule has 0 unspecified atom stereocenters. The fourth-order valence-corrected chi connectivity index (χ4v) is 5.36. The first-order valence-corrected chi connectivity index (χ1v) is 16.1. The highest BCUT2D eigenvalue weighted by atomic mass is 19.1. The van der Waals surface area contributed by atoms with E-state index in [0.29, 0.717) is 24.7 Å². The lowest BCUT2D eigenvalue weighted by Crippen LogP contribution is -1.99. The Kier molecular flexibility index (Phi) is 9.96. The van der Waals surface area contributed by atoms with E-state index in [0.717, 1.165) is 87.3 Å². The van der Waals surface area contributed by atoms with Crippen LogP contribution in [0.5, 0.6) is 17.2 Å². The Balaban J connectivity index is 1.38. The summed E-state index contributed by atoms with van der Waals surface area (Å²) in [5.41, 5.74) is 6.33. The first kappa shape index (κ1) is 31.6. The molecule has 0 atom stereocenters. The van der Waals surface area contributed by atoms with Gasteiger partial charge in [0.15, 0.2) is 0 Å². The van der Waals surface area contributed by atoms with Gasteiger partial charge in [-0.1, -0.05) is 32.8 Å². The first-order valence-electron chi connectivity index (χ1n) is 16.1. The van der Waals surface area contributed by atoms with E-state index in [1.807, 2.05) is 72.8 Å². The molecular formula is C39H39FN4O3. The molecule has 240 valence electrons. The van der Waals surface area contributed by atoms with Gasteiger partial charge in [-0.05, 0) is 79.6 Å². The van der Waals surface area contributed by atoms with Crippen molar-refractivity contribution in [2.24, 2.45) is 0 Å². The number of benzene rings is 4. The lowest BCUT2D eigenvalue weighted by Gasteiger charge is -2.16. The van der Waals surface area contributed by atoms with E-state index in [4.69, 9.17) is 19.2 Å². The number of aromatic nitrogens is 2. The molecule has 2 N–H and O–H groups in total. The van der Waals surface area contributed by atoms with Crippen molar-refractivity contribution in [3.8, 4) is 28.5 Å². The minimum atomic E-state index is -0.312. The summed E-state index contributed by atoms with van der Waals surface area (Å²) >= 11 is 0. The van der Waals surface area contributed by atoms with Crippen molar-refractivity contribution in [2.45, 2.75) is 39.5 Å². The Hall–Kier alpha value is -5.37. The number of pyridine rings is 2. The van der Waals surface area contributed by atoms with E-state index < -0.39 is 0 Å². The van der Waals surface area contributed by atoms with Crippen LogP contribution in [-0.4, -0.2) is 30.3 Å². The monoisotopic (exact) mass is 630 g/mol. The maximum Gasteiger partial charge on any atom is 0.125 e. The molecule has 2 heterocycles. The number of hydrogen-bond acceptors (Lipinski definition) is 7. The SMILES string of the molecule is CCCCOc1ccc2c(Nc3cc(OC)cc(-c4cc(Nc5cccc(F)c5)c5ccc(OCCCC)cc5n4)c3)ccnc2c1. The molecular weight excluding hydrogens is 591 g/mol. The molecule has 0 aliphatic carbocycles. The normalized spacial score (nSPS) is 11.1. The third-order valence-electron chi connectivity index (χ3n) is 7.85. The molecule has 0 spiro atoms. The van der Waals surface area contributed by atoms with Gasteiger partial charge in [0.2, 0.25) is 0 Å². The summed E-state index contributed by atoms with van der Waals surface area (Å²) < 4.78 is 31.8. The van der Waals surface area contributed by atoms with Crippen molar-refractivity contribution < 1.29 is 18.6 Å². The highest BCUT2D eigenvalue weighted by Crippen LogP contribution is 2.36. The number of fused-ring (bicyclic) bond motifs is 2. The minimum Gasteiger partial charge on any atom is -0.497 e. The van der Waals surface area contributed by atoms with Gasteiger partial charge in [-0.3, -0.25) is 4.98 Å². The van der Waals surface area contributed by atoms with Crippen LogP contribution < -0.4 is 24.8 Å². The van der Waals surface area contributed by atoms with Gasteiger partial charge in [-0.2, -0.15) is 0 Å². The average molecular weight is 631 g/mol. The molecule has 4 aromatic carbocycles. The average Bonchev–Trinajstić information content (AvgIpc) is 3.08. The molecule has 0 aliphatic heterocycles. The number of rotatable bonds is 14. The van der Waals surface area contributed by atoms with Gasteiger partial charge in [0, 0.05) is 57.8 Å². The molecule has 0 radical (unpaired) electrons. The third kappa shape index (κ3) is 7.72. The fraction of sp³-hybridized carbons (Fsp3) is 0.231. The van der Waals surface area contributed by atoms with Crippen LogP contribution in [0.1, 0.15) is 39.5 Å². The van der Waals surface area contributed by atoms with Crippen LogP contribution in [0.4, 0.5) is 27.1 Å². The zero-order chi connectivity index (χ0) is 32.6. The maximum atomic E-state index is 14.1. The molecule has 0 saturated heterocycles. The third-order valence-corrected chi connectivity index (χ3v) is 7.85. The summed E-state index contributed by atoms with van der Waals surface area (Å²) in [7, 11) is 1.65. The quantitative estimate of drug-likeness (QED) is 0.116. The number of nitrogens with one attached hydrogen (secondary N) is 2. The number of hydrogen-bond donors (Lipinski definition) is 2. The predicted octanol–water partition coefficient (Wildman–Crippen LogP) is 10.4. The molecule has 0 aliphatic rings. The second-order valence-electron chi connectivity index (χ2n) is 11.4. The summed E-state index contributed by atoms with van der Waals surface area (Å²) in [6.45, 7) is 5.60. The number of methoxy groups -OCH3 is 1. The zero-order valence-electron chi connectivity index (χ0n) is 27.0. The van der Waals surface area contributed by atoms with Crippen molar-refractivity contribution in [3.63, 3.8) is 0 Å². The van der Waals surface area contributed by atoms with Crippen LogP contribution in [0.25, 0.3) is 33.1 Å². The summed E-state index contributed by atoms with van der Waals surface area (Å²) in [6.07, 6.45) is 5.90. The van der Waals surface area contributed by atoms with Crippen LogP contribution in [-0.2, 0) is 0 Å². The summed E-state index contributed by atoms with van der Waals surface area (Å²) in [4.78, 5) is 9.65. The smallest absolute Gasteiger partial charge is 0.125 e. The number of unbranched alkanes of at least 4 members (excludes halogenated alkanes) is 2. The largest absolute Gasteiger partial charge is 0.497 e. The maximum absolute atomic E-state index is 14.1. The molecule has 47 heavy (non-hydrogen) atoms. The number of halogens is 1. The summed E-state index contributed by atoms with van der Waals surface area (Å²) in [5.74, 6) is 1.92. The lowest BCUT2D eigenvalue weighted by atomic mass is 10.1. The molecule has 0 bridgehead atoms. The molecule has 8 heteroatoms. The standard InChI is InChI=1S/C39H39FN4O3/c1-4-6-17-46-30-11-13-33-35(15-16-41-37(33)23-30)43-29-19-26(20-32(22-29)45-3)36-25-39(42-28-10-8-9-27(40)21-28)34-14-12-31(24-38(34)44-36)47-18-7-5-2/h8-16,19-25H,4-7,17-18H2,1-3H3,(H,41,43)(H,42,44). The summed E-state index contributed by atoms with van der Waals surface area (Å²) in [6, 6.07) is 28.2. The lowest BCUT2D eigenvalue weighted by molar-refractivity contribution is 0.309. The van der Waals surface area contributed by atoms with E-state index in [1.165, 1.54) is 12.1 Å². The molecule has 0 amide bonds. The van der Waals surface area contributed by atoms with E-state index >= 15 is 0 Å². The van der Waals surface area contributed by atoms with Gasteiger partial charge in [0.05, 0.1) is 42.7 Å². The van der Waals surface area contributed by atoms with Crippen molar-refractivity contribution in [2.75, 3.05) is 31.0 Å². The van der Waals surface area contributed by atoms with Gasteiger partial charge in [-0.25, -0.2) is 9.37 Å². The molecule has 2 aromatic heterocycles. The van der Waals surface area contributed by atoms with Gasteiger partial charge in [-0.15, -0.1) is 0 Å². The van der Waals surface area contributed by atoms with Crippen LogP contribution in [0.2, 0.25) is 0 Å². The van der Waals surface area contributed by atoms with Crippen molar-refractivity contribution in [1.29, 1.82) is 0 Å². The van der Waals surface area contributed by atoms with Gasteiger partial charge in [0.1, 0.15) is 23.1 Å². The van der Waals surface area contributed by atoms with E-state index in [9.17, 15) is 4.39 Å². The van der Waals surface area contributed by atoms with Crippen LogP contribution in [0.3, 0.4) is 0 Å². The number of anilines is 4. The molecule has 0 fully saturated rings. The number of nitrogens with zero attached hydrogens (tertiary/aromatic N) is 2. The Bertz CT molecular complexity index is 2000. The van der Waals surface area contributed by atoms with Gasteiger partial charge in [0.25, 0.3) is 0 Å². The highest BCUT2D eigenvalue weighted by Gasteiger charge is 2.13. The number of ether oxygens (including phenoxy) is 3. The Morgan fingerprint density at radius 3 is 2.06 bits per heavy atom. The van der Waals surface area contributed by atoms with Gasteiger partial charge >= 0.3 is 0 Å². The first-order chi connectivity index (χ1) is 23.0. The topological polar surface area (TPSA) is 77.5 Å². The Labute approximate surface area is 274 Å². The van der Waals surface area contributed by atoms with Crippen molar-refractivity contribution in [1.82, 2.24) is 9.97 Å². The Morgan fingerprint density at radius 2 is 1.36 bits per heavy atom. The highest BCUT2D eigenvalue weighted by molar-refractivity contribution is 5.97. The predicted molar refractivity (Wildman–Crippen MR) is 189 cm³/mol. The molecule has 0 saturated carbocycles. The minimum absolute atomic E-state index is 0.312.